The van der Waals surface area contributed by atoms with E-state index in [-0.39, 0.29) is 24.5 Å². The van der Waals surface area contributed by atoms with Gasteiger partial charge < -0.3 is 29.1 Å². The highest BCUT2D eigenvalue weighted by Gasteiger charge is 2.51. The molecule has 1 unspecified atom stereocenters. The Balaban J connectivity index is 1.44. The van der Waals surface area contributed by atoms with Crippen LogP contribution in [0.2, 0.25) is 0 Å². The highest BCUT2D eigenvalue weighted by Crippen LogP contribution is 2.46. The van der Waals surface area contributed by atoms with Crippen LogP contribution in [0.3, 0.4) is 0 Å². The van der Waals surface area contributed by atoms with Crippen LogP contribution in [0.25, 0.3) is 5.00 Å². The molecule has 12 heteroatoms. The second kappa shape index (κ2) is 13.1. The summed E-state index contributed by atoms with van der Waals surface area (Å²) in [6.07, 6.45) is 5.98. The maximum Gasteiger partial charge on any atom is 0.261 e. The SMILES string of the molecule is COc1ccccc1[C@H](CN1c2sc(-n3cccn3)c(C)c2C(=O)N(C(C)(C)C(=O)N2CCCCC2)C1O)OC1CCOCC1. The fourth-order valence-corrected chi connectivity index (χ4v) is 7.96. The van der Waals surface area contributed by atoms with Crippen LogP contribution < -0.4 is 9.64 Å². The fourth-order valence-electron chi connectivity index (χ4n) is 6.69. The zero-order valence-corrected chi connectivity index (χ0v) is 27.3. The van der Waals surface area contributed by atoms with E-state index in [2.05, 4.69) is 5.10 Å². The van der Waals surface area contributed by atoms with Crippen molar-refractivity contribution in [1.82, 2.24) is 19.6 Å². The number of thiophene rings is 1. The normalized spacial score (nSPS) is 20.3. The van der Waals surface area contributed by atoms with Crippen LogP contribution >= 0.6 is 11.3 Å². The van der Waals surface area contributed by atoms with Crippen molar-refractivity contribution in [2.45, 2.75) is 77.0 Å². The Morgan fingerprint density at radius 3 is 2.56 bits per heavy atom. The number of nitrogens with zero attached hydrogens (tertiary/aromatic N) is 5. The molecule has 11 nitrogen and oxygen atoms in total. The number of likely N-dealkylation sites (tertiary alicyclic amines) is 1. The number of methoxy groups -OCH3 is 1. The summed E-state index contributed by atoms with van der Waals surface area (Å²) in [6.45, 7) is 8.10. The van der Waals surface area contributed by atoms with Crippen molar-refractivity contribution < 1.29 is 28.9 Å². The first-order chi connectivity index (χ1) is 21.7. The maximum absolute atomic E-state index is 14.5. The third kappa shape index (κ3) is 5.96. The van der Waals surface area contributed by atoms with E-state index in [0.717, 1.165) is 48.2 Å². The van der Waals surface area contributed by atoms with Crippen molar-refractivity contribution in [3.8, 4) is 10.8 Å². The number of hydrogen-bond donors (Lipinski definition) is 1. The highest BCUT2D eigenvalue weighted by atomic mass is 32.1. The van der Waals surface area contributed by atoms with Gasteiger partial charge in [0.1, 0.15) is 27.4 Å². The highest BCUT2D eigenvalue weighted by molar-refractivity contribution is 7.19. The molecule has 3 aromatic rings. The molecular formula is C33H43N5O6S. The predicted octanol–water partition coefficient (Wildman–Crippen LogP) is 4.52. The van der Waals surface area contributed by atoms with E-state index < -0.39 is 18.0 Å². The minimum atomic E-state index is -1.42. The lowest BCUT2D eigenvalue weighted by Gasteiger charge is -2.49. The summed E-state index contributed by atoms with van der Waals surface area (Å²) in [6, 6.07) is 9.56. The molecule has 0 bridgehead atoms. The molecule has 2 fully saturated rings. The molecule has 3 aliphatic heterocycles. The molecule has 5 heterocycles. The quantitative estimate of drug-likeness (QED) is 0.365. The zero-order valence-electron chi connectivity index (χ0n) is 26.5. The third-order valence-corrected chi connectivity index (χ3v) is 10.5. The summed E-state index contributed by atoms with van der Waals surface area (Å²) < 4.78 is 19.9. The van der Waals surface area contributed by atoms with Gasteiger partial charge in [-0.2, -0.15) is 5.10 Å². The fraction of sp³-hybridized carbons (Fsp3) is 0.545. The topological polar surface area (TPSA) is 110 Å². The molecule has 0 aliphatic carbocycles. The number of carbonyl (C=O) groups is 2. The summed E-state index contributed by atoms with van der Waals surface area (Å²) in [5.74, 6) is 0.128. The van der Waals surface area contributed by atoms with Crippen LogP contribution in [-0.2, 0) is 14.3 Å². The molecule has 2 atom stereocenters. The maximum atomic E-state index is 14.5. The first-order valence-corrected chi connectivity index (χ1v) is 16.6. The lowest BCUT2D eigenvalue weighted by molar-refractivity contribution is -0.148. The molecule has 0 saturated carbocycles. The number of hydrogen-bond acceptors (Lipinski definition) is 9. The number of rotatable bonds is 9. The van der Waals surface area contributed by atoms with Crippen LogP contribution in [-0.4, -0.2) is 94.5 Å². The molecule has 1 N–H and O–H groups in total. The van der Waals surface area contributed by atoms with Gasteiger partial charge in [-0.05, 0) is 65.0 Å². The number of aromatic nitrogens is 2. The van der Waals surface area contributed by atoms with Crippen LogP contribution in [0.4, 0.5) is 5.00 Å². The monoisotopic (exact) mass is 637 g/mol. The number of amides is 2. The minimum absolute atomic E-state index is 0.0466. The van der Waals surface area contributed by atoms with Crippen molar-refractivity contribution in [3.05, 3.63) is 59.4 Å². The largest absolute Gasteiger partial charge is 0.496 e. The predicted molar refractivity (Wildman–Crippen MR) is 171 cm³/mol. The second-order valence-corrected chi connectivity index (χ2v) is 13.4. The van der Waals surface area contributed by atoms with E-state index in [1.165, 1.54) is 16.2 Å². The zero-order chi connectivity index (χ0) is 31.7. The van der Waals surface area contributed by atoms with Gasteiger partial charge in [-0.1, -0.05) is 29.5 Å². The Kier molecular flexibility index (Phi) is 9.19. The van der Waals surface area contributed by atoms with E-state index in [1.807, 2.05) is 53.3 Å². The van der Waals surface area contributed by atoms with E-state index in [0.29, 0.717) is 42.6 Å². The van der Waals surface area contributed by atoms with E-state index >= 15 is 0 Å². The minimum Gasteiger partial charge on any atom is -0.496 e. The number of para-hydroxylation sites is 1. The summed E-state index contributed by atoms with van der Waals surface area (Å²) in [7, 11) is 1.63. The molecule has 2 saturated heterocycles. The van der Waals surface area contributed by atoms with E-state index in [1.54, 1.807) is 31.8 Å². The molecule has 6 rings (SSSR count). The molecular weight excluding hydrogens is 594 g/mol. The van der Waals surface area contributed by atoms with Gasteiger partial charge in [-0.3, -0.25) is 14.5 Å². The molecule has 1 aromatic carbocycles. The lowest BCUT2D eigenvalue weighted by Crippen LogP contribution is -2.67. The van der Waals surface area contributed by atoms with Gasteiger partial charge in [0.05, 0.1) is 25.3 Å². The molecule has 2 amide bonds. The van der Waals surface area contributed by atoms with Crippen LogP contribution in [0, 0.1) is 6.92 Å². The van der Waals surface area contributed by atoms with Crippen molar-refractivity contribution in [2.75, 3.05) is 44.9 Å². The molecule has 242 valence electrons. The van der Waals surface area contributed by atoms with Gasteiger partial charge in [0, 0.05) is 49.8 Å². The summed E-state index contributed by atoms with van der Waals surface area (Å²) >= 11 is 1.39. The average Bonchev–Trinajstić information content (AvgIpc) is 3.71. The summed E-state index contributed by atoms with van der Waals surface area (Å²) in [5.41, 5.74) is 0.727. The first kappa shape index (κ1) is 31.5. The Morgan fingerprint density at radius 1 is 1.13 bits per heavy atom. The number of aliphatic hydroxyl groups is 1. The molecule has 0 spiro atoms. The molecule has 3 aliphatic rings. The first-order valence-electron chi connectivity index (χ1n) is 15.8. The molecule has 45 heavy (non-hydrogen) atoms. The Labute approximate surface area is 268 Å². The Hall–Kier alpha value is -3.45. The standard InChI is InChI=1S/C33H43N5O6S/c1-22-27-28(39)38(33(2,3)31(40)35-16-8-5-9-17-35)32(41)36(30(27)45-29(22)37-18-10-15-34-37)21-26(44-23-13-19-43-20-14-23)24-11-6-7-12-25(24)42-4/h6-7,10-12,15,18,23,26,32,41H,5,8-9,13-14,16-17,19-21H2,1-4H3/t26-,32?/m0/s1. The number of carbonyl (C=O) groups excluding carboxylic acids is 2. The summed E-state index contributed by atoms with van der Waals surface area (Å²) in [4.78, 5) is 33.5. The van der Waals surface area contributed by atoms with Gasteiger partial charge in [0.15, 0.2) is 0 Å². The van der Waals surface area contributed by atoms with Crippen molar-refractivity contribution in [3.63, 3.8) is 0 Å². The van der Waals surface area contributed by atoms with Gasteiger partial charge in [-0.25, -0.2) is 4.68 Å². The second-order valence-electron chi connectivity index (χ2n) is 12.4. The number of benzene rings is 1. The average molecular weight is 638 g/mol. The number of aliphatic hydroxyl groups excluding tert-OH is 1. The molecule has 0 radical (unpaired) electrons. The van der Waals surface area contributed by atoms with Gasteiger partial charge in [-0.15, -0.1) is 0 Å². The Morgan fingerprint density at radius 2 is 1.87 bits per heavy atom. The van der Waals surface area contributed by atoms with Crippen molar-refractivity contribution in [2.24, 2.45) is 0 Å². The smallest absolute Gasteiger partial charge is 0.261 e. The van der Waals surface area contributed by atoms with Crippen molar-refractivity contribution in [1.29, 1.82) is 0 Å². The van der Waals surface area contributed by atoms with Crippen LogP contribution in [0.5, 0.6) is 5.75 Å². The number of fused-ring (bicyclic) bond motifs is 1. The summed E-state index contributed by atoms with van der Waals surface area (Å²) in [5, 5.41) is 18.0. The Bertz CT molecular complexity index is 1490. The number of ether oxygens (including phenoxy) is 3. The van der Waals surface area contributed by atoms with Crippen LogP contribution in [0.15, 0.2) is 42.7 Å². The number of piperidine rings is 1. The lowest BCUT2D eigenvalue weighted by atomic mass is 9.95. The molecule has 2 aromatic heterocycles. The van der Waals surface area contributed by atoms with Gasteiger partial charge in [0.2, 0.25) is 12.3 Å². The van der Waals surface area contributed by atoms with Crippen molar-refractivity contribution >= 4 is 28.2 Å². The van der Waals surface area contributed by atoms with E-state index in [9.17, 15) is 14.7 Å². The van der Waals surface area contributed by atoms with E-state index in [4.69, 9.17) is 14.2 Å². The van der Waals surface area contributed by atoms with Gasteiger partial charge >= 0.3 is 0 Å². The van der Waals surface area contributed by atoms with Crippen LogP contribution in [0.1, 0.15) is 73.5 Å². The van der Waals surface area contributed by atoms with Gasteiger partial charge in [0.25, 0.3) is 5.91 Å². The number of anilines is 1. The third-order valence-electron chi connectivity index (χ3n) is 9.16.